The van der Waals surface area contributed by atoms with Crippen LogP contribution >= 0.6 is 22.6 Å². The van der Waals surface area contributed by atoms with Gasteiger partial charge in [-0.05, 0) is 53.3 Å². The highest BCUT2D eigenvalue weighted by Gasteiger charge is 2.18. The maximum Gasteiger partial charge on any atom is 0.127 e. The van der Waals surface area contributed by atoms with Crippen molar-refractivity contribution in [3.8, 4) is 5.75 Å². The first-order valence-corrected chi connectivity index (χ1v) is 8.27. The molecule has 0 aliphatic carbocycles. The van der Waals surface area contributed by atoms with Gasteiger partial charge in [0, 0.05) is 9.99 Å². The third kappa shape index (κ3) is 4.93. The standard InChI is InChI=1S/C15H23IN2O/c1-13-12-14(16)4-5-15(13)19-11-3-6-18-9-7-17(2)8-10-18/h4-5,12H,3,6-11H2,1-2H3/p+2. The van der Waals surface area contributed by atoms with Crippen molar-refractivity contribution in [2.75, 3.05) is 46.4 Å². The van der Waals surface area contributed by atoms with Gasteiger partial charge in [-0.15, -0.1) is 0 Å². The van der Waals surface area contributed by atoms with Gasteiger partial charge in [0.25, 0.3) is 0 Å². The Morgan fingerprint density at radius 3 is 2.63 bits per heavy atom. The normalized spacial score (nSPS) is 23.3. The summed E-state index contributed by atoms with van der Waals surface area (Å²) < 4.78 is 7.15. The summed E-state index contributed by atoms with van der Waals surface area (Å²) in [6, 6.07) is 6.37. The molecule has 1 aromatic rings. The molecular weight excluding hydrogens is 351 g/mol. The van der Waals surface area contributed by atoms with Crippen LogP contribution in [-0.2, 0) is 0 Å². The van der Waals surface area contributed by atoms with Crippen molar-refractivity contribution < 1.29 is 14.5 Å². The van der Waals surface area contributed by atoms with Crippen LogP contribution in [0.5, 0.6) is 5.75 Å². The topological polar surface area (TPSA) is 18.1 Å². The van der Waals surface area contributed by atoms with Crippen LogP contribution in [0.2, 0.25) is 0 Å². The van der Waals surface area contributed by atoms with Crippen LogP contribution in [-0.4, -0.2) is 46.4 Å². The maximum absolute atomic E-state index is 5.88. The van der Waals surface area contributed by atoms with E-state index in [9.17, 15) is 0 Å². The molecule has 0 atom stereocenters. The predicted octanol–water partition coefficient (Wildman–Crippen LogP) is -0.218. The van der Waals surface area contributed by atoms with Crippen LogP contribution in [0.25, 0.3) is 0 Å². The number of likely N-dealkylation sites (N-methyl/N-ethyl adjacent to an activating group) is 1. The fourth-order valence-electron chi connectivity index (χ4n) is 2.56. The fourth-order valence-corrected chi connectivity index (χ4v) is 3.21. The lowest BCUT2D eigenvalue weighted by Gasteiger charge is -2.27. The Morgan fingerprint density at radius 2 is 1.95 bits per heavy atom. The smallest absolute Gasteiger partial charge is 0.127 e. The third-order valence-electron chi connectivity index (χ3n) is 3.88. The molecule has 2 rings (SSSR count). The molecule has 1 aliphatic heterocycles. The molecule has 0 spiro atoms. The van der Waals surface area contributed by atoms with E-state index in [0.29, 0.717) is 0 Å². The van der Waals surface area contributed by atoms with Crippen molar-refractivity contribution in [1.82, 2.24) is 0 Å². The molecule has 1 saturated heterocycles. The number of quaternary nitrogens is 2. The average Bonchev–Trinajstić information content (AvgIpc) is 2.39. The van der Waals surface area contributed by atoms with Gasteiger partial charge >= 0.3 is 0 Å². The van der Waals surface area contributed by atoms with Crippen molar-refractivity contribution in [2.24, 2.45) is 0 Å². The molecule has 1 aliphatic rings. The quantitative estimate of drug-likeness (QED) is 0.538. The highest BCUT2D eigenvalue weighted by Crippen LogP contribution is 2.19. The van der Waals surface area contributed by atoms with Crippen LogP contribution in [0, 0.1) is 10.5 Å². The van der Waals surface area contributed by atoms with Gasteiger partial charge in [0.1, 0.15) is 31.9 Å². The van der Waals surface area contributed by atoms with Crippen LogP contribution in [0.1, 0.15) is 12.0 Å². The first-order chi connectivity index (χ1) is 9.15. The molecule has 19 heavy (non-hydrogen) atoms. The second kappa shape index (κ2) is 7.45. The number of hydrogen-bond acceptors (Lipinski definition) is 1. The van der Waals surface area contributed by atoms with E-state index in [-0.39, 0.29) is 0 Å². The zero-order chi connectivity index (χ0) is 13.7. The van der Waals surface area contributed by atoms with Crippen molar-refractivity contribution in [2.45, 2.75) is 13.3 Å². The Morgan fingerprint density at radius 1 is 1.21 bits per heavy atom. The first-order valence-electron chi connectivity index (χ1n) is 7.19. The highest BCUT2D eigenvalue weighted by molar-refractivity contribution is 14.1. The summed E-state index contributed by atoms with van der Waals surface area (Å²) in [6.45, 7) is 9.46. The monoisotopic (exact) mass is 376 g/mol. The summed E-state index contributed by atoms with van der Waals surface area (Å²) in [5, 5.41) is 0. The van der Waals surface area contributed by atoms with Crippen LogP contribution in [0.4, 0.5) is 0 Å². The molecule has 0 unspecified atom stereocenters. The average molecular weight is 376 g/mol. The van der Waals surface area contributed by atoms with Crippen molar-refractivity contribution in [1.29, 1.82) is 0 Å². The SMILES string of the molecule is Cc1cc(I)ccc1OCCC[NH+]1CC[NH+](C)CC1. The van der Waals surface area contributed by atoms with Gasteiger partial charge in [0.15, 0.2) is 0 Å². The van der Waals surface area contributed by atoms with Crippen molar-refractivity contribution in [3.05, 3.63) is 27.3 Å². The van der Waals surface area contributed by atoms with Crippen LogP contribution in [0.3, 0.4) is 0 Å². The van der Waals surface area contributed by atoms with Gasteiger partial charge in [0.2, 0.25) is 0 Å². The third-order valence-corrected chi connectivity index (χ3v) is 4.55. The molecule has 0 saturated carbocycles. The number of halogens is 1. The first kappa shape index (κ1) is 15.1. The molecule has 0 aromatic heterocycles. The Kier molecular flexibility index (Phi) is 5.91. The second-order valence-corrected chi connectivity index (χ2v) is 6.81. The molecule has 0 amide bonds. The molecule has 1 heterocycles. The van der Waals surface area contributed by atoms with Crippen molar-refractivity contribution >= 4 is 22.6 Å². The second-order valence-electron chi connectivity index (χ2n) is 5.57. The Balaban J connectivity index is 1.66. The van der Waals surface area contributed by atoms with Crippen molar-refractivity contribution in [3.63, 3.8) is 0 Å². The summed E-state index contributed by atoms with van der Waals surface area (Å²) in [6.07, 6.45) is 1.15. The van der Waals surface area contributed by atoms with E-state index < -0.39 is 0 Å². The van der Waals surface area contributed by atoms with E-state index in [1.807, 2.05) is 0 Å². The number of nitrogens with one attached hydrogen (secondary N) is 2. The highest BCUT2D eigenvalue weighted by atomic mass is 127. The molecule has 3 nitrogen and oxygen atoms in total. The number of aryl methyl sites for hydroxylation is 1. The van der Waals surface area contributed by atoms with E-state index in [4.69, 9.17) is 4.74 Å². The van der Waals surface area contributed by atoms with Gasteiger partial charge in [-0.3, -0.25) is 0 Å². The maximum atomic E-state index is 5.88. The van der Waals surface area contributed by atoms with Gasteiger partial charge in [-0.2, -0.15) is 0 Å². The minimum atomic E-state index is 0.841. The minimum Gasteiger partial charge on any atom is -0.493 e. The molecular formula is C15H25IN2O+2. The molecule has 0 bridgehead atoms. The molecule has 2 N–H and O–H groups in total. The number of piperazine rings is 1. The Bertz CT molecular complexity index is 403. The van der Waals surface area contributed by atoms with E-state index in [2.05, 4.69) is 54.8 Å². The minimum absolute atomic E-state index is 0.841. The van der Waals surface area contributed by atoms with Gasteiger partial charge in [-0.25, -0.2) is 0 Å². The van der Waals surface area contributed by atoms with Crippen LogP contribution < -0.4 is 14.5 Å². The zero-order valence-corrected chi connectivity index (χ0v) is 14.1. The number of ether oxygens (including phenoxy) is 1. The number of hydrogen-bond donors (Lipinski definition) is 2. The molecule has 0 radical (unpaired) electrons. The summed E-state index contributed by atoms with van der Waals surface area (Å²) in [7, 11) is 2.29. The van der Waals surface area contributed by atoms with E-state index >= 15 is 0 Å². The van der Waals surface area contributed by atoms with Crippen LogP contribution in [0.15, 0.2) is 18.2 Å². The summed E-state index contributed by atoms with van der Waals surface area (Å²) in [4.78, 5) is 3.42. The Hall–Kier alpha value is -0.330. The molecule has 4 heteroatoms. The lowest BCUT2D eigenvalue weighted by Crippen LogP contribution is -3.27. The molecule has 1 fully saturated rings. The molecule has 1 aromatic carbocycles. The van der Waals surface area contributed by atoms with E-state index in [1.54, 1.807) is 9.80 Å². The zero-order valence-electron chi connectivity index (χ0n) is 12.0. The Labute approximate surface area is 130 Å². The van der Waals surface area contributed by atoms with Gasteiger partial charge in [-0.1, -0.05) is 0 Å². The summed E-state index contributed by atoms with van der Waals surface area (Å²) >= 11 is 2.34. The largest absolute Gasteiger partial charge is 0.493 e. The fraction of sp³-hybridized carbons (Fsp3) is 0.600. The van der Waals surface area contributed by atoms with Gasteiger partial charge in [0.05, 0.1) is 20.2 Å². The summed E-state index contributed by atoms with van der Waals surface area (Å²) in [5.41, 5.74) is 1.24. The lowest BCUT2D eigenvalue weighted by molar-refractivity contribution is -1.00. The van der Waals surface area contributed by atoms with E-state index in [1.165, 1.54) is 41.9 Å². The number of benzene rings is 1. The summed E-state index contributed by atoms with van der Waals surface area (Å²) in [5.74, 6) is 1.04. The van der Waals surface area contributed by atoms with E-state index in [0.717, 1.165) is 18.8 Å². The number of rotatable bonds is 5. The molecule has 106 valence electrons. The van der Waals surface area contributed by atoms with Gasteiger partial charge < -0.3 is 14.5 Å². The lowest BCUT2D eigenvalue weighted by atomic mass is 10.2. The predicted molar refractivity (Wildman–Crippen MR) is 86.2 cm³/mol.